The number of rotatable bonds is 16. The molecule has 7 nitrogen and oxygen atoms in total. The first-order chi connectivity index (χ1) is 28.8. The smallest absolute Gasteiger partial charge is 0.407 e. The van der Waals surface area contributed by atoms with Crippen molar-refractivity contribution in [3.05, 3.63) is 210 Å². The number of anilines is 1. The zero-order valence-electron chi connectivity index (χ0n) is 33.3. The normalized spacial score (nSPS) is 12.5. The lowest BCUT2D eigenvalue weighted by Crippen LogP contribution is -2.52. The van der Waals surface area contributed by atoms with E-state index in [2.05, 4.69) is 109 Å². The maximum absolute atomic E-state index is 14.9. The van der Waals surface area contributed by atoms with Crippen LogP contribution < -0.4 is 10.2 Å². The second-order valence-electron chi connectivity index (χ2n) is 14.7. The lowest BCUT2D eigenvalue weighted by atomic mass is 9.84. The summed E-state index contributed by atoms with van der Waals surface area (Å²) < 4.78 is 10.6. The Hall–Kier alpha value is -6.38. The van der Waals surface area contributed by atoms with Gasteiger partial charge in [-0.1, -0.05) is 166 Å². The fraction of sp³-hybridized carbons (Fsp3) is 0.196. The van der Waals surface area contributed by atoms with Gasteiger partial charge in [-0.15, -0.1) is 11.8 Å². The summed E-state index contributed by atoms with van der Waals surface area (Å²) in [7, 11) is 0. The van der Waals surface area contributed by atoms with E-state index in [0.717, 1.165) is 38.9 Å². The molecule has 1 aliphatic rings. The molecule has 0 saturated carbocycles. The van der Waals surface area contributed by atoms with Crippen molar-refractivity contribution in [2.75, 3.05) is 30.4 Å². The average molecular weight is 801 g/mol. The standard InChI is InChI=1S/C51H48N2O5S/c1-4-33-57-49(55)37-28-30-41(31-29-37)53(32-34-59-51(38-18-8-5-9-19-38,39-20-10-6-11-21-39)40-22-12-7-13-23-40)48(54)47(36(2)3)52-50(56)58-35-46-44-26-16-14-24-42(44)43-25-15-17-27-45(43)46/h4-31,36,46-47H,1,32-35H2,2-3H3,(H,52,56)/t47-/m0/s1. The fourth-order valence-corrected chi connectivity index (χ4v) is 9.36. The predicted molar refractivity (Wildman–Crippen MR) is 238 cm³/mol. The molecule has 0 aliphatic heterocycles. The van der Waals surface area contributed by atoms with Crippen LogP contribution in [0.3, 0.4) is 0 Å². The number of carbonyl (C=O) groups is 3. The molecule has 1 atom stereocenters. The van der Waals surface area contributed by atoms with E-state index in [4.69, 9.17) is 9.47 Å². The number of thioether (sulfide) groups is 1. The molecule has 1 N–H and O–H groups in total. The van der Waals surface area contributed by atoms with Gasteiger partial charge in [0.1, 0.15) is 19.3 Å². The highest BCUT2D eigenvalue weighted by atomic mass is 32.2. The van der Waals surface area contributed by atoms with Gasteiger partial charge in [0, 0.05) is 23.9 Å². The van der Waals surface area contributed by atoms with Crippen LogP contribution in [0.15, 0.2) is 176 Å². The lowest BCUT2D eigenvalue weighted by molar-refractivity contribution is -0.121. The first-order valence-corrected chi connectivity index (χ1v) is 20.9. The van der Waals surface area contributed by atoms with Gasteiger partial charge < -0.3 is 19.7 Å². The van der Waals surface area contributed by atoms with Crippen molar-refractivity contribution in [3.63, 3.8) is 0 Å². The average Bonchev–Trinajstić information content (AvgIpc) is 3.61. The van der Waals surface area contributed by atoms with E-state index < -0.39 is 22.9 Å². The summed E-state index contributed by atoms with van der Waals surface area (Å²) in [6.45, 7) is 7.95. The summed E-state index contributed by atoms with van der Waals surface area (Å²) in [5.74, 6) is -0.654. The second kappa shape index (κ2) is 18.9. The van der Waals surface area contributed by atoms with Gasteiger partial charge in [0.15, 0.2) is 0 Å². The molecular weight excluding hydrogens is 753 g/mol. The van der Waals surface area contributed by atoms with Gasteiger partial charge in [0.2, 0.25) is 5.91 Å². The number of alkyl carbamates (subject to hydrolysis) is 1. The van der Waals surface area contributed by atoms with Crippen molar-refractivity contribution < 1.29 is 23.9 Å². The number of benzene rings is 6. The number of hydrogen-bond acceptors (Lipinski definition) is 6. The lowest BCUT2D eigenvalue weighted by Gasteiger charge is -2.36. The van der Waals surface area contributed by atoms with Crippen LogP contribution in [0.2, 0.25) is 0 Å². The number of amides is 2. The van der Waals surface area contributed by atoms with Gasteiger partial charge >= 0.3 is 12.1 Å². The third kappa shape index (κ3) is 8.88. The van der Waals surface area contributed by atoms with E-state index in [1.165, 1.54) is 6.08 Å². The van der Waals surface area contributed by atoms with Crippen LogP contribution in [0.5, 0.6) is 0 Å². The van der Waals surface area contributed by atoms with Crippen LogP contribution in [-0.4, -0.2) is 49.5 Å². The molecule has 0 saturated heterocycles. The Morgan fingerprint density at radius 3 is 1.68 bits per heavy atom. The highest BCUT2D eigenvalue weighted by molar-refractivity contribution is 8.00. The molecule has 0 aromatic heterocycles. The van der Waals surface area contributed by atoms with Crippen molar-refractivity contribution in [1.29, 1.82) is 0 Å². The Labute approximate surface area is 351 Å². The fourth-order valence-electron chi connectivity index (χ4n) is 7.87. The van der Waals surface area contributed by atoms with Gasteiger partial charge in [-0.3, -0.25) is 4.79 Å². The number of carbonyl (C=O) groups excluding carboxylic acids is 3. The molecule has 0 bridgehead atoms. The van der Waals surface area contributed by atoms with E-state index in [0.29, 0.717) is 23.5 Å². The Bertz CT molecular complexity index is 2230. The molecule has 0 fully saturated rings. The minimum atomic E-state index is -0.907. The maximum Gasteiger partial charge on any atom is 0.407 e. The summed E-state index contributed by atoms with van der Waals surface area (Å²) in [6, 6.07) is 53.5. The third-order valence-corrected chi connectivity index (χ3v) is 12.3. The van der Waals surface area contributed by atoms with Crippen LogP contribution in [-0.2, 0) is 19.0 Å². The van der Waals surface area contributed by atoms with Gasteiger partial charge in [0.05, 0.1) is 10.3 Å². The van der Waals surface area contributed by atoms with Crippen LogP contribution in [0, 0.1) is 5.92 Å². The Morgan fingerprint density at radius 2 is 1.19 bits per heavy atom. The molecule has 59 heavy (non-hydrogen) atoms. The molecule has 6 aromatic carbocycles. The van der Waals surface area contributed by atoms with Crippen LogP contribution in [0.1, 0.15) is 57.9 Å². The molecule has 0 spiro atoms. The van der Waals surface area contributed by atoms with Crippen LogP contribution >= 0.6 is 11.8 Å². The number of nitrogens with zero attached hydrogens (tertiary/aromatic N) is 1. The second-order valence-corrected chi connectivity index (χ2v) is 16.1. The van der Waals surface area contributed by atoms with E-state index in [1.807, 2.05) is 56.3 Å². The van der Waals surface area contributed by atoms with Gasteiger partial charge in [0.25, 0.3) is 0 Å². The molecule has 0 radical (unpaired) electrons. The predicted octanol–water partition coefficient (Wildman–Crippen LogP) is 10.7. The summed E-state index contributed by atoms with van der Waals surface area (Å²) in [5.41, 5.74) is 8.76. The number of hydrogen-bond donors (Lipinski definition) is 1. The largest absolute Gasteiger partial charge is 0.458 e. The zero-order chi connectivity index (χ0) is 41.2. The zero-order valence-corrected chi connectivity index (χ0v) is 34.1. The monoisotopic (exact) mass is 800 g/mol. The topological polar surface area (TPSA) is 84.9 Å². The first-order valence-electron chi connectivity index (χ1n) is 19.9. The Morgan fingerprint density at radius 1 is 0.695 bits per heavy atom. The highest BCUT2D eigenvalue weighted by Gasteiger charge is 2.38. The summed E-state index contributed by atoms with van der Waals surface area (Å²) in [4.78, 5) is 42.9. The van der Waals surface area contributed by atoms with Crippen molar-refractivity contribution in [2.24, 2.45) is 5.92 Å². The third-order valence-electron chi connectivity index (χ3n) is 10.7. The van der Waals surface area contributed by atoms with Gasteiger partial charge in [-0.2, -0.15) is 0 Å². The Balaban J connectivity index is 1.16. The molecule has 2 amide bonds. The first kappa shape index (κ1) is 40.8. The summed E-state index contributed by atoms with van der Waals surface area (Å²) in [5, 5.41) is 2.93. The van der Waals surface area contributed by atoms with Crippen molar-refractivity contribution in [3.8, 4) is 11.1 Å². The number of esters is 1. The number of ether oxygens (including phenoxy) is 2. The molecule has 7 rings (SSSR count). The van der Waals surface area contributed by atoms with Gasteiger partial charge in [-0.25, -0.2) is 9.59 Å². The van der Waals surface area contributed by atoms with Crippen LogP contribution in [0.4, 0.5) is 10.5 Å². The highest BCUT2D eigenvalue weighted by Crippen LogP contribution is 2.48. The minimum absolute atomic E-state index is 0.0893. The molecule has 6 aromatic rings. The van der Waals surface area contributed by atoms with E-state index in [9.17, 15) is 14.4 Å². The molecule has 0 heterocycles. The van der Waals surface area contributed by atoms with Gasteiger partial charge in [-0.05, 0) is 69.1 Å². The Kier molecular flexibility index (Phi) is 13.1. The molecule has 1 aliphatic carbocycles. The van der Waals surface area contributed by atoms with E-state index >= 15 is 0 Å². The minimum Gasteiger partial charge on any atom is -0.458 e. The molecule has 0 unspecified atom stereocenters. The van der Waals surface area contributed by atoms with Crippen molar-refractivity contribution in [1.82, 2.24) is 5.32 Å². The quantitative estimate of drug-likeness (QED) is 0.0596. The SMILES string of the molecule is C=CCOC(=O)c1ccc(N(CCSC(c2ccccc2)(c2ccccc2)c2ccccc2)C(=O)[C@@H](NC(=O)OCC2c3ccccc3-c3ccccc32)C(C)C)cc1. The van der Waals surface area contributed by atoms with E-state index in [-0.39, 0.29) is 31.0 Å². The van der Waals surface area contributed by atoms with Crippen LogP contribution in [0.25, 0.3) is 11.1 Å². The molecular formula is C51H48N2O5S. The molecule has 298 valence electrons. The van der Waals surface area contributed by atoms with E-state index in [1.54, 1.807) is 40.9 Å². The molecule has 8 heteroatoms. The summed E-state index contributed by atoms with van der Waals surface area (Å²) in [6.07, 6.45) is 0.852. The number of nitrogens with one attached hydrogen (secondary N) is 1. The summed E-state index contributed by atoms with van der Waals surface area (Å²) >= 11 is 1.74. The van der Waals surface area contributed by atoms with Crippen molar-refractivity contribution in [2.45, 2.75) is 30.6 Å². The maximum atomic E-state index is 14.9. The van der Waals surface area contributed by atoms with Crippen molar-refractivity contribution >= 4 is 35.4 Å². The number of fused-ring (bicyclic) bond motifs is 3.